The Morgan fingerprint density at radius 1 is 1.32 bits per heavy atom. The summed E-state index contributed by atoms with van der Waals surface area (Å²) in [5.74, 6) is -0.356. The van der Waals surface area contributed by atoms with Gasteiger partial charge in [-0.25, -0.2) is 9.78 Å². The molecule has 0 spiro atoms. The van der Waals surface area contributed by atoms with Crippen LogP contribution < -0.4 is 5.32 Å². The Kier molecular flexibility index (Phi) is 2.64. The van der Waals surface area contributed by atoms with E-state index in [4.69, 9.17) is 5.11 Å². The van der Waals surface area contributed by atoms with E-state index >= 15 is 0 Å². The second-order valence-corrected chi connectivity index (χ2v) is 4.93. The molecule has 1 aliphatic carbocycles. The fraction of sp³-hybridized carbons (Fsp3) is 0.286. The number of aliphatic hydroxyl groups excluding tert-OH is 1. The molecule has 0 bridgehead atoms. The van der Waals surface area contributed by atoms with E-state index in [1.54, 1.807) is 12.1 Å². The molecule has 0 unspecified atom stereocenters. The first-order valence-corrected chi connectivity index (χ1v) is 6.15. The van der Waals surface area contributed by atoms with Crippen molar-refractivity contribution in [2.24, 2.45) is 0 Å². The summed E-state index contributed by atoms with van der Waals surface area (Å²) in [6, 6.07) is 7.26. The zero-order valence-electron chi connectivity index (χ0n) is 10.3. The average Bonchev–Trinajstić information content (AvgIpc) is 3.19. The smallest absolute Gasteiger partial charge is 0.337 e. The van der Waals surface area contributed by atoms with Gasteiger partial charge in [0.2, 0.25) is 0 Å². The van der Waals surface area contributed by atoms with Gasteiger partial charge in [0, 0.05) is 17.0 Å². The van der Waals surface area contributed by atoms with E-state index in [0.717, 1.165) is 18.2 Å². The molecule has 0 saturated heterocycles. The number of carboxylic acid groups (broad SMARTS) is 1. The fourth-order valence-electron chi connectivity index (χ4n) is 2.19. The van der Waals surface area contributed by atoms with Crippen LogP contribution in [0.4, 0.5) is 5.82 Å². The number of nitrogens with zero attached hydrogens (tertiary/aromatic N) is 1. The van der Waals surface area contributed by atoms with Crippen LogP contribution in [0.15, 0.2) is 30.5 Å². The third kappa shape index (κ3) is 2.02. The first-order valence-electron chi connectivity index (χ1n) is 6.15. The number of anilines is 1. The van der Waals surface area contributed by atoms with Crippen LogP contribution in [-0.2, 0) is 0 Å². The first-order chi connectivity index (χ1) is 9.15. The Balaban J connectivity index is 2.11. The van der Waals surface area contributed by atoms with Crippen molar-refractivity contribution in [3.05, 3.63) is 36.0 Å². The van der Waals surface area contributed by atoms with Crippen LogP contribution in [-0.4, -0.2) is 33.3 Å². The lowest BCUT2D eigenvalue weighted by Crippen LogP contribution is -2.26. The van der Waals surface area contributed by atoms with Gasteiger partial charge in [-0.15, -0.1) is 0 Å². The summed E-state index contributed by atoms with van der Waals surface area (Å²) >= 11 is 0. The van der Waals surface area contributed by atoms with Gasteiger partial charge in [-0.3, -0.25) is 0 Å². The third-order valence-electron chi connectivity index (χ3n) is 3.57. The van der Waals surface area contributed by atoms with Crippen molar-refractivity contribution in [3.8, 4) is 0 Å². The number of carboxylic acids is 1. The molecule has 98 valence electrons. The zero-order valence-corrected chi connectivity index (χ0v) is 10.3. The summed E-state index contributed by atoms with van der Waals surface area (Å²) in [5.41, 5.74) is -0.0875. The van der Waals surface area contributed by atoms with E-state index in [2.05, 4.69) is 10.3 Å². The third-order valence-corrected chi connectivity index (χ3v) is 3.57. The zero-order chi connectivity index (χ0) is 13.5. The number of aromatic carboxylic acids is 1. The molecular weight excluding hydrogens is 244 g/mol. The summed E-state index contributed by atoms with van der Waals surface area (Å²) in [5, 5.41) is 23.2. The van der Waals surface area contributed by atoms with Crippen molar-refractivity contribution < 1.29 is 15.0 Å². The Hall–Kier alpha value is -2.14. The lowest BCUT2D eigenvalue weighted by Gasteiger charge is -2.17. The lowest BCUT2D eigenvalue weighted by molar-refractivity contribution is 0.0698. The first kappa shape index (κ1) is 11.9. The number of carbonyl (C=O) groups is 1. The Bertz CT molecular complexity index is 650. The van der Waals surface area contributed by atoms with Gasteiger partial charge in [-0.2, -0.15) is 0 Å². The Labute approximate surface area is 109 Å². The molecule has 0 aliphatic heterocycles. The number of hydrogen-bond acceptors (Lipinski definition) is 4. The minimum Gasteiger partial charge on any atom is -0.478 e. The Morgan fingerprint density at radius 2 is 2.00 bits per heavy atom. The van der Waals surface area contributed by atoms with Crippen molar-refractivity contribution >= 4 is 22.6 Å². The summed E-state index contributed by atoms with van der Waals surface area (Å²) in [6.45, 7) is 0.0592. The molecule has 5 nitrogen and oxygen atoms in total. The summed E-state index contributed by atoms with van der Waals surface area (Å²) < 4.78 is 0. The topological polar surface area (TPSA) is 82.5 Å². The van der Waals surface area contributed by atoms with Crippen LogP contribution in [0.3, 0.4) is 0 Å². The van der Waals surface area contributed by atoms with Crippen LogP contribution in [0.2, 0.25) is 0 Å². The van der Waals surface area contributed by atoms with Crippen molar-refractivity contribution in [2.75, 3.05) is 11.9 Å². The van der Waals surface area contributed by atoms with Gasteiger partial charge in [-0.1, -0.05) is 24.3 Å². The van der Waals surface area contributed by atoms with Gasteiger partial charge < -0.3 is 15.5 Å². The number of pyridine rings is 1. The van der Waals surface area contributed by atoms with Crippen LogP contribution in [0.25, 0.3) is 10.8 Å². The van der Waals surface area contributed by atoms with Crippen LogP contribution in [0.5, 0.6) is 0 Å². The van der Waals surface area contributed by atoms with Gasteiger partial charge in [0.15, 0.2) is 0 Å². The SMILES string of the molecule is O=C(O)c1cnc(NC2(CO)CC2)c2ccccc12. The number of rotatable bonds is 4. The van der Waals surface area contributed by atoms with Crippen molar-refractivity contribution in [3.63, 3.8) is 0 Å². The molecule has 1 aliphatic rings. The molecule has 2 aromatic rings. The summed E-state index contributed by atoms with van der Waals surface area (Å²) in [6.07, 6.45) is 3.17. The van der Waals surface area contributed by atoms with Crippen LogP contribution in [0, 0.1) is 0 Å². The summed E-state index contributed by atoms with van der Waals surface area (Å²) in [7, 11) is 0. The van der Waals surface area contributed by atoms with Crippen LogP contribution >= 0.6 is 0 Å². The molecule has 1 aromatic carbocycles. The number of nitrogens with one attached hydrogen (secondary N) is 1. The second-order valence-electron chi connectivity index (χ2n) is 4.93. The minimum atomic E-state index is -0.987. The lowest BCUT2D eigenvalue weighted by atomic mass is 10.1. The predicted molar refractivity (Wildman–Crippen MR) is 71.4 cm³/mol. The molecule has 0 radical (unpaired) electrons. The minimum absolute atomic E-state index is 0.0592. The standard InChI is InChI=1S/C14H14N2O3/c17-8-14(5-6-14)16-12-10-4-2-1-3-9(10)11(7-15-12)13(18)19/h1-4,7,17H,5-6,8H2,(H,15,16)(H,18,19). The predicted octanol–water partition coefficient (Wildman–Crippen LogP) is 1.87. The van der Waals surface area contributed by atoms with E-state index < -0.39 is 5.97 Å². The highest BCUT2D eigenvalue weighted by molar-refractivity contribution is 6.06. The molecule has 1 saturated carbocycles. The molecule has 1 heterocycles. The van der Waals surface area contributed by atoms with E-state index in [1.165, 1.54) is 6.20 Å². The highest BCUT2D eigenvalue weighted by Crippen LogP contribution is 2.39. The van der Waals surface area contributed by atoms with Gasteiger partial charge in [0.25, 0.3) is 0 Å². The van der Waals surface area contributed by atoms with E-state index in [-0.39, 0.29) is 17.7 Å². The molecule has 1 aromatic heterocycles. The molecule has 19 heavy (non-hydrogen) atoms. The molecule has 1 fully saturated rings. The highest BCUT2D eigenvalue weighted by Gasteiger charge is 2.42. The number of aliphatic hydroxyl groups is 1. The average molecular weight is 258 g/mol. The number of fused-ring (bicyclic) bond motifs is 1. The molecule has 3 rings (SSSR count). The molecule has 3 N–H and O–H groups in total. The number of aromatic nitrogens is 1. The maximum atomic E-state index is 11.2. The maximum Gasteiger partial charge on any atom is 0.337 e. The quantitative estimate of drug-likeness (QED) is 0.779. The normalized spacial score (nSPS) is 16.3. The highest BCUT2D eigenvalue weighted by atomic mass is 16.4. The molecule has 5 heteroatoms. The van der Waals surface area contributed by atoms with Crippen LogP contribution in [0.1, 0.15) is 23.2 Å². The molecule has 0 amide bonds. The van der Waals surface area contributed by atoms with Gasteiger partial charge in [-0.05, 0) is 12.8 Å². The van der Waals surface area contributed by atoms with Crippen molar-refractivity contribution in [2.45, 2.75) is 18.4 Å². The Morgan fingerprint density at radius 3 is 2.58 bits per heavy atom. The van der Waals surface area contributed by atoms with Crippen molar-refractivity contribution in [1.29, 1.82) is 0 Å². The molecular formula is C14H14N2O3. The largest absolute Gasteiger partial charge is 0.478 e. The number of hydrogen-bond donors (Lipinski definition) is 3. The van der Waals surface area contributed by atoms with Gasteiger partial charge >= 0.3 is 5.97 Å². The molecule has 0 atom stereocenters. The van der Waals surface area contributed by atoms with E-state index in [9.17, 15) is 9.90 Å². The maximum absolute atomic E-state index is 11.2. The van der Waals surface area contributed by atoms with Gasteiger partial charge in [0.05, 0.1) is 17.7 Å². The van der Waals surface area contributed by atoms with E-state index in [1.807, 2.05) is 12.1 Å². The number of benzene rings is 1. The summed E-state index contributed by atoms with van der Waals surface area (Å²) in [4.78, 5) is 15.4. The second kappa shape index (κ2) is 4.20. The monoisotopic (exact) mass is 258 g/mol. The van der Waals surface area contributed by atoms with E-state index in [0.29, 0.717) is 11.2 Å². The van der Waals surface area contributed by atoms with Crippen molar-refractivity contribution in [1.82, 2.24) is 4.98 Å². The van der Waals surface area contributed by atoms with Gasteiger partial charge in [0.1, 0.15) is 5.82 Å². The fourth-order valence-corrected chi connectivity index (χ4v) is 2.19.